The summed E-state index contributed by atoms with van der Waals surface area (Å²) in [7, 11) is 0. The van der Waals surface area contributed by atoms with Crippen LogP contribution in [-0.2, 0) is 19.0 Å². The molecular weight excluding hydrogens is 446 g/mol. The molecule has 1 aromatic rings. The zero-order chi connectivity index (χ0) is 24.9. The van der Waals surface area contributed by atoms with Crippen molar-refractivity contribution < 1.29 is 28.5 Å². The molecule has 0 unspecified atom stereocenters. The number of aliphatic hydroxyl groups is 1. The Hall–Kier alpha value is -2.48. The molecular formula is C28H37NO6. The Labute approximate surface area is 207 Å². The van der Waals surface area contributed by atoms with E-state index in [0.29, 0.717) is 36.8 Å². The van der Waals surface area contributed by atoms with E-state index >= 15 is 0 Å². The number of aliphatic hydroxyl groups excluding tert-OH is 1. The van der Waals surface area contributed by atoms with E-state index in [9.17, 15) is 9.90 Å². The van der Waals surface area contributed by atoms with Crippen molar-refractivity contribution in [2.45, 2.75) is 95.9 Å². The number of epoxide rings is 1. The molecule has 1 aromatic heterocycles. The third-order valence-corrected chi connectivity index (χ3v) is 6.77. The van der Waals surface area contributed by atoms with Gasteiger partial charge < -0.3 is 23.7 Å². The molecule has 0 radical (unpaired) electrons. The minimum absolute atomic E-state index is 0.0534. The van der Waals surface area contributed by atoms with Gasteiger partial charge in [0.2, 0.25) is 0 Å². The van der Waals surface area contributed by atoms with Crippen LogP contribution in [0.25, 0.3) is 6.08 Å². The quantitative estimate of drug-likeness (QED) is 0.365. The molecule has 0 aromatic carbocycles. The molecule has 0 saturated carbocycles. The Morgan fingerprint density at radius 1 is 1.20 bits per heavy atom. The highest BCUT2D eigenvalue weighted by atomic mass is 16.6. The molecule has 0 spiro atoms. The lowest BCUT2D eigenvalue weighted by atomic mass is 9.91. The second kappa shape index (κ2) is 11.5. The third kappa shape index (κ3) is 7.50. The van der Waals surface area contributed by atoms with Crippen molar-refractivity contribution in [2.75, 3.05) is 0 Å². The van der Waals surface area contributed by atoms with Crippen molar-refractivity contribution in [1.29, 1.82) is 0 Å². The van der Waals surface area contributed by atoms with Crippen LogP contribution >= 0.6 is 0 Å². The molecule has 2 bridgehead atoms. The fraction of sp³-hybridized carbons (Fsp3) is 0.571. The minimum atomic E-state index is -0.629. The van der Waals surface area contributed by atoms with E-state index < -0.39 is 18.2 Å². The first-order chi connectivity index (χ1) is 16.8. The molecule has 35 heavy (non-hydrogen) atoms. The van der Waals surface area contributed by atoms with Gasteiger partial charge in [-0.1, -0.05) is 37.3 Å². The van der Waals surface area contributed by atoms with Crippen LogP contribution in [-0.4, -0.2) is 52.7 Å². The molecule has 7 nitrogen and oxygen atoms in total. The smallest absolute Gasteiger partial charge is 0.331 e. The van der Waals surface area contributed by atoms with Crippen LogP contribution in [0.3, 0.4) is 0 Å². The largest absolute Gasteiger partial charge is 0.455 e. The molecule has 0 amide bonds. The predicted molar refractivity (Wildman–Crippen MR) is 132 cm³/mol. The van der Waals surface area contributed by atoms with E-state index in [2.05, 4.69) is 30.6 Å². The van der Waals surface area contributed by atoms with Gasteiger partial charge in [-0.15, -0.1) is 0 Å². The summed E-state index contributed by atoms with van der Waals surface area (Å²) in [4.78, 5) is 17.0. The molecule has 7 heteroatoms. The molecule has 4 heterocycles. The number of fused-ring (bicyclic) bond motifs is 3. The van der Waals surface area contributed by atoms with Crippen LogP contribution in [0.5, 0.6) is 0 Å². The fourth-order valence-electron chi connectivity index (χ4n) is 5.01. The lowest BCUT2D eigenvalue weighted by molar-refractivity contribution is -0.141. The van der Waals surface area contributed by atoms with Crippen molar-refractivity contribution in [3.63, 3.8) is 0 Å². The third-order valence-electron chi connectivity index (χ3n) is 6.77. The van der Waals surface area contributed by atoms with Gasteiger partial charge in [-0.25, -0.2) is 9.78 Å². The molecule has 0 aliphatic carbocycles. The van der Waals surface area contributed by atoms with E-state index in [1.54, 1.807) is 13.2 Å². The average Bonchev–Trinajstić information content (AvgIpc) is 3.44. The van der Waals surface area contributed by atoms with Gasteiger partial charge in [-0.2, -0.15) is 0 Å². The lowest BCUT2D eigenvalue weighted by Crippen LogP contribution is -2.26. The number of ether oxygens (including phenoxy) is 3. The highest BCUT2D eigenvalue weighted by Crippen LogP contribution is 2.35. The number of oxazole rings is 1. The van der Waals surface area contributed by atoms with Crippen LogP contribution in [0.1, 0.15) is 64.0 Å². The Morgan fingerprint density at radius 2 is 2.03 bits per heavy atom. The zero-order valence-electron chi connectivity index (χ0n) is 20.9. The Bertz CT molecular complexity index is 991. The van der Waals surface area contributed by atoms with E-state index in [1.165, 1.54) is 6.08 Å². The van der Waals surface area contributed by atoms with Gasteiger partial charge >= 0.3 is 5.97 Å². The molecule has 1 saturated heterocycles. The zero-order valence-corrected chi connectivity index (χ0v) is 20.9. The maximum absolute atomic E-state index is 12.7. The van der Waals surface area contributed by atoms with Crippen molar-refractivity contribution in [2.24, 2.45) is 5.92 Å². The van der Waals surface area contributed by atoms with Crippen LogP contribution in [0.15, 0.2) is 52.7 Å². The van der Waals surface area contributed by atoms with E-state index in [4.69, 9.17) is 18.6 Å². The van der Waals surface area contributed by atoms with Gasteiger partial charge in [0.1, 0.15) is 24.2 Å². The van der Waals surface area contributed by atoms with Crippen molar-refractivity contribution in [1.82, 2.24) is 4.98 Å². The van der Waals surface area contributed by atoms with E-state index in [1.807, 2.05) is 19.1 Å². The maximum atomic E-state index is 12.7. The van der Waals surface area contributed by atoms with Gasteiger partial charge in [0.15, 0.2) is 5.89 Å². The maximum Gasteiger partial charge on any atom is 0.331 e. The summed E-state index contributed by atoms with van der Waals surface area (Å²) in [6.07, 6.45) is 13.6. The summed E-state index contributed by atoms with van der Waals surface area (Å²) >= 11 is 0. The standard InChI is InChI=1S/C28H37NO6/c1-17-11-18(2)13-24(30)28-26(35-28)15-25(19(3)14-21-16-32-20(4)29-21)34-27(31)10-6-8-22-7-5-9-23(12-17)33-22/h5-7,10,14,16-17,22-26,28,30H,2,8-9,11-13,15H2,1,3-4H3/b10-6+,19-14+/t17-,22-,23-,24-,25-,26-,28-/m0/s1. The average molecular weight is 484 g/mol. The lowest BCUT2D eigenvalue weighted by Gasteiger charge is -2.28. The van der Waals surface area contributed by atoms with Crippen molar-refractivity contribution >= 4 is 12.0 Å². The van der Waals surface area contributed by atoms with Crippen LogP contribution in [0.2, 0.25) is 0 Å². The number of nitrogens with zero attached hydrogens (tertiary/aromatic N) is 1. The van der Waals surface area contributed by atoms with Gasteiger partial charge in [0, 0.05) is 19.4 Å². The molecule has 3 aliphatic rings. The number of rotatable bonds is 2. The van der Waals surface area contributed by atoms with Gasteiger partial charge in [-0.3, -0.25) is 0 Å². The second-order valence-corrected chi connectivity index (χ2v) is 10.1. The highest BCUT2D eigenvalue weighted by molar-refractivity contribution is 5.82. The number of esters is 1. The van der Waals surface area contributed by atoms with Gasteiger partial charge in [0.25, 0.3) is 0 Å². The minimum Gasteiger partial charge on any atom is -0.455 e. The topological polar surface area (TPSA) is 94.3 Å². The summed E-state index contributed by atoms with van der Waals surface area (Å²) in [5.74, 6) is 0.555. The second-order valence-electron chi connectivity index (χ2n) is 10.1. The summed E-state index contributed by atoms with van der Waals surface area (Å²) in [6.45, 7) is 10.1. The Balaban J connectivity index is 1.50. The summed E-state index contributed by atoms with van der Waals surface area (Å²) in [5, 5.41) is 10.7. The van der Waals surface area contributed by atoms with E-state index in [-0.39, 0.29) is 24.4 Å². The van der Waals surface area contributed by atoms with Crippen LogP contribution in [0.4, 0.5) is 0 Å². The Kier molecular flexibility index (Phi) is 8.42. The van der Waals surface area contributed by atoms with Crippen LogP contribution in [0, 0.1) is 12.8 Å². The monoisotopic (exact) mass is 483 g/mol. The number of aryl methyl sites for hydroxylation is 1. The Morgan fingerprint density at radius 3 is 2.80 bits per heavy atom. The molecule has 3 aliphatic heterocycles. The van der Waals surface area contributed by atoms with Crippen LogP contribution < -0.4 is 0 Å². The number of hydrogen-bond acceptors (Lipinski definition) is 7. The number of carbonyl (C=O) groups excluding carboxylic acids is 1. The molecule has 4 rings (SSSR count). The normalized spacial score (nSPS) is 36.0. The van der Waals surface area contributed by atoms with Gasteiger partial charge in [0.05, 0.1) is 24.4 Å². The first-order valence-corrected chi connectivity index (χ1v) is 12.6. The highest BCUT2D eigenvalue weighted by Gasteiger charge is 2.46. The first-order valence-electron chi connectivity index (χ1n) is 12.6. The summed E-state index contributed by atoms with van der Waals surface area (Å²) in [5.41, 5.74) is 2.52. The number of aromatic nitrogens is 1. The summed E-state index contributed by atoms with van der Waals surface area (Å²) in [6, 6.07) is 0. The molecule has 1 fully saturated rings. The number of hydrogen-bond donors (Lipinski definition) is 1. The molecule has 190 valence electrons. The van der Waals surface area contributed by atoms with Gasteiger partial charge in [-0.05, 0) is 56.6 Å². The molecule has 7 atom stereocenters. The fourth-order valence-corrected chi connectivity index (χ4v) is 5.01. The number of carbonyl (C=O) groups is 1. The SMILES string of the molecule is C=C1C[C@H](C)C[C@@H]2CC=C[C@@H](C/C=C/C(=O)O[C@H](/C(C)=C/c3coc(C)n3)C[C@@H]3O[C@H]3[C@@H](O)C1)O2. The molecule has 1 N–H and O–H groups in total. The predicted octanol–water partition coefficient (Wildman–Crippen LogP) is 4.85. The first kappa shape index (κ1) is 25.6. The summed E-state index contributed by atoms with van der Waals surface area (Å²) < 4.78 is 23.1. The van der Waals surface area contributed by atoms with Crippen molar-refractivity contribution in [3.8, 4) is 0 Å². The van der Waals surface area contributed by atoms with E-state index in [0.717, 1.165) is 30.4 Å². The van der Waals surface area contributed by atoms with Crippen molar-refractivity contribution in [3.05, 3.63) is 59.9 Å². The number of cyclic esters (lactones) is 1.